The molecule has 0 amide bonds. The van der Waals surface area contributed by atoms with Crippen LogP contribution < -0.4 is 4.74 Å². The minimum atomic E-state index is -0.312. The third-order valence-corrected chi connectivity index (χ3v) is 5.33. The molecule has 0 spiro atoms. The van der Waals surface area contributed by atoms with E-state index < -0.39 is 0 Å². The lowest BCUT2D eigenvalue weighted by Crippen LogP contribution is -2.22. The molecule has 1 aliphatic carbocycles. The average molecular weight is 335 g/mol. The van der Waals surface area contributed by atoms with Crippen molar-refractivity contribution >= 4 is 0 Å². The van der Waals surface area contributed by atoms with E-state index in [9.17, 15) is 0 Å². The van der Waals surface area contributed by atoms with Crippen molar-refractivity contribution in [2.75, 3.05) is 20.8 Å². The van der Waals surface area contributed by atoms with Crippen molar-refractivity contribution in [2.24, 2.45) is 5.92 Å². The summed E-state index contributed by atoms with van der Waals surface area (Å²) in [4.78, 5) is 0. The van der Waals surface area contributed by atoms with Gasteiger partial charge in [-0.3, -0.25) is 0 Å². The molecular formula is C21H34O3. The molecule has 0 N–H and O–H groups in total. The third-order valence-electron chi connectivity index (χ3n) is 5.33. The molecule has 1 aromatic rings. The normalized spacial score (nSPS) is 21.2. The second kappa shape index (κ2) is 10.7. The maximum absolute atomic E-state index is 5.71. The fraction of sp³-hybridized carbons (Fsp3) is 0.714. The molecule has 0 unspecified atom stereocenters. The van der Waals surface area contributed by atoms with E-state index >= 15 is 0 Å². The fourth-order valence-corrected chi connectivity index (χ4v) is 3.70. The van der Waals surface area contributed by atoms with Crippen molar-refractivity contribution < 1.29 is 14.2 Å². The van der Waals surface area contributed by atoms with Gasteiger partial charge in [-0.2, -0.15) is 0 Å². The van der Waals surface area contributed by atoms with Crippen LogP contribution in [-0.4, -0.2) is 27.1 Å². The van der Waals surface area contributed by atoms with Crippen LogP contribution in [0.25, 0.3) is 0 Å². The van der Waals surface area contributed by atoms with Crippen molar-refractivity contribution in [1.82, 2.24) is 0 Å². The van der Waals surface area contributed by atoms with Gasteiger partial charge in [0.05, 0.1) is 0 Å². The highest BCUT2D eigenvalue weighted by atomic mass is 16.7. The SMILES string of the molecule is CCCCCC1CCC(c2ccc(OCC(OC)OC)cc2)CC1. The van der Waals surface area contributed by atoms with E-state index in [0.717, 1.165) is 17.6 Å². The van der Waals surface area contributed by atoms with Crippen LogP contribution in [0.1, 0.15) is 69.8 Å². The van der Waals surface area contributed by atoms with Gasteiger partial charge >= 0.3 is 0 Å². The number of hydrogen-bond donors (Lipinski definition) is 0. The lowest BCUT2D eigenvalue weighted by atomic mass is 9.77. The topological polar surface area (TPSA) is 27.7 Å². The fourth-order valence-electron chi connectivity index (χ4n) is 3.70. The van der Waals surface area contributed by atoms with E-state index in [1.54, 1.807) is 14.2 Å². The summed E-state index contributed by atoms with van der Waals surface area (Å²) < 4.78 is 16.0. The van der Waals surface area contributed by atoms with Gasteiger partial charge < -0.3 is 14.2 Å². The Kier molecular flexibility index (Phi) is 8.62. The zero-order chi connectivity index (χ0) is 17.2. The summed E-state index contributed by atoms with van der Waals surface area (Å²) in [6.07, 6.45) is 10.8. The first kappa shape index (κ1) is 19.3. The number of rotatable bonds is 10. The first-order valence-corrected chi connectivity index (χ1v) is 9.55. The summed E-state index contributed by atoms with van der Waals surface area (Å²) in [7, 11) is 3.25. The first-order valence-electron chi connectivity index (χ1n) is 9.55. The highest BCUT2D eigenvalue weighted by molar-refractivity contribution is 5.29. The number of ether oxygens (including phenoxy) is 3. The van der Waals surface area contributed by atoms with Crippen LogP contribution in [-0.2, 0) is 9.47 Å². The Morgan fingerprint density at radius 3 is 2.21 bits per heavy atom. The van der Waals surface area contributed by atoms with Gasteiger partial charge in [0.1, 0.15) is 12.4 Å². The summed E-state index contributed by atoms with van der Waals surface area (Å²) in [5, 5.41) is 0. The Morgan fingerprint density at radius 1 is 0.958 bits per heavy atom. The molecule has 1 fully saturated rings. The van der Waals surface area contributed by atoms with E-state index in [2.05, 4.69) is 31.2 Å². The Labute approximate surface area is 147 Å². The largest absolute Gasteiger partial charge is 0.488 e. The molecule has 0 saturated heterocycles. The maximum atomic E-state index is 5.71. The van der Waals surface area contributed by atoms with Crippen molar-refractivity contribution in [1.29, 1.82) is 0 Å². The number of benzene rings is 1. The van der Waals surface area contributed by atoms with E-state index in [4.69, 9.17) is 14.2 Å². The van der Waals surface area contributed by atoms with Crippen LogP contribution in [0.2, 0.25) is 0 Å². The molecule has 3 heteroatoms. The van der Waals surface area contributed by atoms with Crippen LogP contribution >= 0.6 is 0 Å². The zero-order valence-corrected chi connectivity index (χ0v) is 15.6. The van der Waals surface area contributed by atoms with Crippen molar-refractivity contribution in [2.45, 2.75) is 70.5 Å². The molecule has 0 heterocycles. The van der Waals surface area contributed by atoms with Gasteiger partial charge in [0, 0.05) is 14.2 Å². The van der Waals surface area contributed by atoms with Crippen LogP contribution in [0, 0.1) is 5.92 Å². The number of hydrogen-bond acceptors (Lipinski definition) is 3. The highest BCUT2D eigenvalue weighted by Gasteiger charge is 2.22. The van der Waals surface area contributed by atoms with Crippen molar-refractivity contribution in [3.8, 4) is 5.75 Å². The lowest BCUT2D eigenvalue weighted by Gasteiger charge is -2.29. The molecule has 0 aliphatic heterocycles. The lowest BCUT2D eigenvalue weighted by molar-refractivity contribution is -0.121. The van der Waals surface area contributed by atoms with Crippen LogP contribution in [0.5, 0.6) is 5.75 Å². The zero-order valence-electron chi connectivity index (χ0n) is 15.6. The average Bonchev–Trinajstić information content (AvgIpc) is 2.64. The second-order valence-electron chi connectivity index (χ2n) is 6.99. The molecule has 1 aliphatic rings. The molecule has 136 valence electrons. The number of unbranched alkanes of at least 4 members (excludes halogenated alkanes) is 2. The Bertz CT molecular complexity index is 431. The molecule has 0 aromatic heterocycles. The summed E-state index contributed by atoms with van der Waals surface area (Å²) in [5.74, 6) is 2.58. The van der Waals surface area contributed by atoms with E-state index in [-0.39, 0.29) is 6.29 Å². The molecule has 0 bridgehead atoms. The second-order valence-corrected chi connectivity index (χ2v) is 6.99. The standard InChI is InChI=1S/C21H34O3/c1-4-5-6-7-17-8-10-18(11-9-17)19-12-14-20(15-13-19)24-16-21(22-2)23-3/h12-15,17-18,21H,4-11,16H2,1-3H3. The minimum absolute atomic E-state index is 0.312. The first-order chi connectivity index (χ1) is 11.8. The van der Waals surface area contributed by atoms with E-state index in [0.29, 0.717) is 6.61 Å². The Balaban J connectivity index is 1.75. The maximum Gasteiger partial charge on any atom is 0.191 e. The molecular weight excluding hydrogens is 300 g/mol. The Morgan fingerprint density at radius 2 is 1.62 bits per heavy atom. The third kappa shape index (κ3) is 6.10. The minimum Gasteiger partial charge on any atom is -0.488 e. The van der Waals surface area contributed by atoms with Crippen molar-refractivity contribution in [3.05, 3.63) is 29.8 Å². The Hall–Kier alpha value is -1.06. The monoisotopic (exact) mass is 334 g/mol. The van der Waals surface area contributed by atoms with Gasteiger partial charge in [-0.1, -0.05) is 44.7 Å². The van der Waals surface area contributed by atoms with Gasteiger partial charge in [0.2, 0.25) is 0 Å². The molecule has 3 nitrogen and oxygen atoms in total. The van der Waals surface area contributed by atoms with Gasteiger partial charge in [-0.15, -0.1) is 0 Å². The molecule has 0 radical (unpaired) electrons. The van der Waals surface area contributed by atoms with E-state index in [1.807, 2.05) is 0 Å². The molecule has 2 rings (SSSR count). The predicted molar refractivity (Wildman–Crippen MR) is 98.6 cm³/mol. The van der Waals surface area contributed by atoms with Crippen LogP contribution in [0.15, 0.2) is 24.3 Å². The molecule has 24 heavy (non-hydrogen) atoms. The summed E-state index contributed by atoms with van der Waals surface area (Å²) >= 11 is 0. The summed E-state index contributed by atoms with van der Waals surface area (Å²) in [6, 6.07) is 8.61. The van der Waals surface area contributed by atoms with Gasteiger partial charge in [0.25, 0.3) is 0 Å². The molecule has 0 atom stereocenters. The van der Waals surface area contributed by atoms with Crippen LogP contribution in [0.4, 0.5) is 0 Å². The van der Waals surface area contributed by atoms with Gasteiger partial charge in [-0.25, -0.2) is 0 Å². The summed E-state index contributed by atoms with van der Waals surface area (Å²) in [5.41, 5.74) is 1.46. The van der Waals surface area contributed by atoms with Crippen LogP contribution in [0.3, 0.4) is 0 Å². The summed E-state index contributed by atoms with van der Waals surface area (Å²) in [6.45, 7) is 2.70. The van der Waals surface area contributed by atoms with Gasteiger partial charge in [-0.05, 0) is 55.2 Å². The van der Waals surface area contributed by atoms with E-state index in [1.165, 1.54) is 56.9 Å². The molecule has 1 aromatic carbocycles. The van der Waals surface area contributed by atoms with Crippen molar-refractivity contribution in [3.63, 3.8) is 0 Å². The predicted octanol–water partition coefficient (Wildman–Crippen LogP) is 5.54. The highest BCUT2D eigenvalue weighted by Crippen LogP contribution is 2.38. The smallest absolute Gasteiger partial charge is 0.191 e. The number of methoxy groups -OCH3 is 2. The molecule has 1 saturated carbocycles. The van der Waals surface area contributed by atoms with Gasteiger partial charge in [0.15, 0.2) is 6.29 Å². The quantitative estimate of drug-likeness (QED) is 0.415.